The number of aromatic carboxylic acids is 1. The first kappa shape index (κ1) is 8.32. The number of benzene rings is 1. The van der Waals surface area contributed by atoms with Crippen molar-refractivity contribution < 1.29 is 19.4 Å². The van der Waals surface area contributed by atoms with E-state index < -0.39 is 17.5 Å². The van der Waals surface area contributed by atoms with E-state index in [1.165, 1.54) is 0 Å². The lowest BCUT2D eigenvalue weighted by atomic mass is 10.2. The maximum atomic E-state index is 12.6. The summed E-state index contributed by atoms with van der Waals surface area (Å²) in [5.74, 6) is -3.05. The number of aromatic hydroxyl groups is 1. The summed E-state index contributed by atoms with van der Waals surface area (Å²) in [6.45, 7) is 0. The number of hydrogen-bond donors (Lipinski definition) is 3. The first-order chi connectivity index (χ1) is 5.52. The summed E-state index contributed by atoms with van der Waals surface area (Å²) < 4.78 is 12.6. The molecule has 4 N–H and O–H groups in total. The van der Waals surface area contributed by atoms with Crippen molar-refractivity contribution in [1.29, 1.82) is 0 Å². The second-order valence-electron chi connectivity index (χ2n) is 2.20. The Hall–Kier alpha value is -1.78. The van der Waals surface area contributed by atoms with Crippen molar-refractivity contribution in [1.82, 2.24) is 0 Å². The van der Waals surface area contributed by atoms with Crippen LogP contribution in [-0.2, 0) is 0 Å². The Labute approximate surface area is 67.1 Å². The number of hydrogen-bond acceptors (Lipinski definition) is 3. The molecule has 0 saturated carbocycles. The van der Waals surface area contributed by atoms with Crippen molar-refractivity contribution in [3.05, 3.63) is 23.5 Å². The maximum absolute atomic E-state index is 12.6. The molecule has 1 aromatic rings. The normalized spacial score (nSPS) is 9.75. The van der Waals surface area contributed by atoms with E-state index >= 15 is 0 Å². The molecule has 0 aliphatic rings. The standard InChI is InChI=1S/C7H6FNO3/c8-4-1-3(7(11)12)2-5(9)6(4)10/h1-2,10H,9H2,(H,11,12). The Kier molecular flexibility index (Phi) is 1.86. The average Bonchev–Trinajstić information content (AvgIpc) is 1.99. The molecule has 0 radical (unpaired) electrons. The lowest BCUT2D eigenvalue weighted by Crippen LogP contribution is -1.99. The number of nitrogens with two attached hydrogens (primary N) is 1. The quantitative estimate of drug-likeness (QED) is 0.431. The molecule has 0 aromatic heterocycles. The van der Waals surface area contributed by atoms with Crippen molar-refractivity contribution >= 4 is 11.7 Å². The molecule has 64 valence electrons. The molecular weight excluding hydrogens is 165 g/mol. The second-order valence-corrected chi connectivity index (χ2v) is 2.20. The predicted molar refractivity (Wildman–Crippen MR) is 39.4 cm³/mol. The van der Waals surface area contributed by atoms with Crippen LogP contribution in [0, 0.1) is 5.82 Å². The van der Waals surface area contributed by atoms with Crippen LogP contribution in [0.3, 0.4) is 0 Å². The van der Waals surface area contributed by atoms with Gasteiger partial charge in [0.25, 0.3) is 0 Å². The first-order valence-electron chi connectivity index (χ1n) is 3.03. The third-order valence-corrected chi connectivity index (χ3v) is 1.34. The fraction of sp³-hybridized carbons (Fsp3) is 0. The largest absolute Gasteiger partial charge is 0.503 e. The van der Waals surface area contributed by atoms with Gasteiger partial charge in [-0.05, 0) is 12.1 Å². The monoisotopic (exact) mass is 171 g/mol. The number of carbonyl (C=O) groups is 1. The van der Waals surface area contributed by atoms with Gasteiger partial charge in [0.1, 0.15) is 0 Å². The van der Waals surface area contributed by atoms with Gasteiger partial charge < -0.3 is 15.9 Å². The van der Waals surface area contributed by atoms with Gasteiger partial charge in [0.15, 0.2) is 11.6 Å². The number of rotatable bonds is 1. The number of anilines is 1. The Morgan fingerprint density at radius 1 is 1.50 bits per heavy atom. The molecule has 0 atom stereocenters. The highest BCUT2D eigenvalue weighted by atomic mass is 19.1. The third kappa shape index (κ3) is 1.29. The number of phenols is 1. The molecule has 0 unspecified atom stereocenters. The van der Waals surface area contributed by atoms with Gasteiger partial charge in [-0.2, -0.15) is 0 Å². The summed E-state index contributed by atoms with van der Waals surface area (Å²) in [7, 11) is 0. The summed E-state index contributed by atoms with van der Waals surface area (Å²) >= 11 is 0. The van der Waals surface area contributed by atoms with Crippen molar-refractivity contribution in [3.8, 4) is 5.75 Å². The minimum absolute atomic E-state index is 0.285. The lowest BCUT2D eigenvalue weighted by molar-refractivity contribution is 0.0696. The van der Waals surface area contributed by atoms with E-state index in [1.54, 1.807) is 0 Å². The molecule has 0 bridgehead atoms. The van der Waals surface area contributed by atoms with E-state index in [9.17, 15) is 9.18 Å². The minimum Gasteiger partial charge on any atom is -0.503 e. The van der Waals surface area contributed by atoms with Crippen LogP contribution < -0.4 is 5.73 Å². The molecule has 0 fully saturated rings. The maximum Gasteiger partial charge on any atom is 0.335 e. The van der Waals surface area contributed by atoms with E-state index in [0.717, 1.165) is 6.07 Å². The van der Waals surface area contributed by atoms with Gasteiger partial charge in [-0.25, -0.2) is 9.18 Å². The Balaban J connectivity index is 3.31. The summed E-state index contributed by atoms with van der Waals surface area (Å²) in [5.41, 5.74) is 4.53. The zero-order valence-corrected chi connectivity index (χ0v) is 5.91. The van der Waals surface area contributed by atoms with E-state index in [-0.39, 0.29) is 11.3 Å². The molecule has 4 nitrogen and oxygen atoms in total. The van der Waals surface area contributed by atoms with Crippen LogP contribution in [0.15, 0.2) is 12.1 Å². The van der Waals surface area contributed by atoms with Crippen molar-refractivity contribution in [2.45, 2.75) is 0 Å². The van der Waals surface area contributed by atoms with Crippen LogP contribution in [-0.4, -0.2) is 16.2 Å². The summed E-state index contributed by atoms with van der Waals surface area (Å²) in [4.78, 5) is 10.3. The van der Waals surface area contributed by atoms with Gasteiger partial charge in [-0.1, -0.05) is 0 Å². The van der Waals surface area contributed by atoms with Crippen LogP contribution in [0.2, 0.25) is 0 Å². The van der Waals surface area contributed by atoms with Gasteiger partial charge in [0.05, 0.1) is 11.3 Å². The zero-order chi connectivity index (χ0) is 9.30. The highest BCUT2D eigenvalue weighted by Crippen LogP contribution is 2.24. The number of phenolic OH excluding ortho intramolecular Hbond substituents is 1. The Morgan fingerprint density at radius 2 is 2.08 bits per heavy atom. The molecule has 0 heterocycles. The van der Waals surface area contributed by atoms with E-state index in [2.05, 4.69) is 0 Å². The number of carboxylic acid groups (broad SMARTS) is 1. The molecule has 5 heteroatoms. The van der Waals surface area contributed by atoms with E-state index in [4.69, 9.17) is 15.9 Å². The summed E-state index contributed by atoms with van der Waals surface area (Å²) in [6, 6.07) is 1.69. The van der Waals surface area contributed by atoms with E-state index in [0.29, 0.717) is 6.07 Å². The third-order valence-electron chi connectivity index (χ3n) is 1.34. The van der Waals surface area contributed by atoms with Gasteiger partial charge >= 0.3 is 5.97 Å². The van der Waals surface area contributed by atoms with E-state index in [1.807, 2.05) is 0 Å². The molecule has 12 heavy (non-hydrogen) atoms. The van der Waals surface area contributed by atoms with Crippen LogP contribution in [0.1, 0.15) is 10.4 Å². The van der Waals surface area contributed by atoms with Gasteiger partial charge in [0, 0.05) is 0 Å². The summed E-state index contributed by atoms with van der Waals surface area (Å²) in [6.07, 6.45) is 0. The van der Waals surface area contributed by atoms with Gasteiger partial charge in [0.2, 0.25) is 0 Å². The Bertz CT molecular complexity index is 314. The smallest absolute Gasteiger partial charge is 0.335 e. The van der Waals surface area contributed by atoms with Gasteiger partial charge in [-0.15, -0.1) is 0 Å². The molecule has 0 aliphatic carbocycles. The van der Waals surface area contributed by atoms with Crippen LogP contribution >= 0.6 is 0 Å². The molecule has 0 spiro atoms. The predicted octanol–water partition coefficient (Wildman–Crippen LogP) is 0.812. The first-order valence-corrected chi connectivity index (χ1v) is 3.03. The second kappa shape index (κ2) is 2.69. The summed E-state index contributed by atoms with van der Waals surface area (Å²) in [5, 5.41) is 17.2. The Morgan fingerprint density at radius 3 is 2.50 bits per heavy atom. The minimum atomic E-state index is -1.29. The molecule has 1 rings (SSSR count). The van der Waals surface area contributed by atoms with Crippen LogP contribution in [0.25, 0.3) is 0 Å². The van der Waals surface area contributed by atoms with Crippen molar-refractivity contribution in [3.63, 3.8) is 0 Å². The molecule has 0 aliphatic heterocycles. The molecule has 0 saturated heterocycles. The average molecular weight is 171 g/mol. The topological polar surface area (TPSA) is 83.6 Å². The lowest BCUT2D eigenvalue weighted by Gasteiger charge is -2.01. The highest BCUT2D eigenvalue weighted by Gasteiger charge is 2.10. The molecule has 0 amide bonds. The fourth-order valence-corrected chi connectivity index (χ4v) is 0.744. The highest BCUT2D eigenvalue weighted by molar-refractivity contribution is 5.89. The zero-order valence-electron chi connectivity index (χ0n) is 5.91. The fourth-order valence-electron chi connectivity index (χ4n) is 0.744. The van der Waals surface area contributed by atoms with Crippen LogP contribution in [0.5, 0.6) is 5.75 Å². The van der Waals surface area contributed by atoms with Crippen molar-refractivity contribution in [2.24, 2.45) is 0 Å². The number of nitrogen functional groups attached to an aromatic ring is 1. The number of halogens is 1. The van der Waals surface area contributed by atoms with Crippen LogP contribution in [0.4, 0.5) is 10.1 Å². The number of carboxylic acids is 1. The van der Waals surface area contributed by atoms with Gasteiger partial charge in [-0.3, -0.25) is 0 Å². The SMILES string of the molecule is Nc1cc(C(=O)O)cc(F)c1O. The molecule has 1 aromatic carbocycles. The van der Waals surface area contributed by atoms with Crippen molar-refractivity contribution in [2.75, 3.05) is 5.73 Å². The molecular formula is C7H6FNO3.